The van der Waals surface area contributed by atoms with E-state index in [-0.39, 0.29) is 6.04 Å². The number of carbonyl (C=O) groups excluding carboxylic acids is 1. The molecule has 3 aromatic rings. The topological polar surface area (TPSA) is 90.4 Å². The number of anilines is 1. The maximum Gasteiger partial charge on any atom is 0.342 e. The van der Waals surface area contributed by atoms with E-state index < -0.39 is 5.97 Å². The Balaban J connectivity index is 1.84. The molecule has 3 heterocycles. The van der Waals surface area contributed by atoms with Crippen molar-refractivity contribution in [3.63, 3.8) is 0 Å². The molecular formula is C18H21N3O4. The van der Waals surface area contributed by atoms with Crippen molar-refractivity contribution >= 4 is 22.9 Å². The lowest BCUT2D eigenvalue weighted by molar-refractivity contribution is 0.0526. The van der Waals surface area contributed by atoms with Crippen molar-refractivity contribution in [3.05, 3.63) is 41.8 Å². The number of hydrogen-bond acceptors (Lipinski definition) is 7. The summed E-state index contributed by atoms with van der Waals surface area (Å²) in [4.78, 5) is 20.7. The Morgan fingerprint density at radius 2 is 2.24 bits per heavy atom. The van der Waals surface area contributed by atoms with Crippen molar-refractivity contribution in [1.82, 2.24) is 9.97 Å². The Hall–Kier alpha value is -2.83. The molecule has 1 N–H and O–H groups in total. The van der Waals surface area contributed by atoms with Crippen molar-refractivity contribution in [3.8, 4) is 0 Å². The minimum Gasteiger partial charge on any atom is -0.469 e. The first-order chi connectivity index (χ1) is 12.1. The Bertz CT molecular complexity index is 855. The van der Waals surface area contributed by atoms with Gasteiger partial charge in [0.1, 0.15) is 29.2 Å². The molecule has 0 saturated heterocycles. The van der Waals surface area contributed by atoms with Crippen LogP contribution in [0.5, 0.6) is 0 Å². The highest BCUT2D eigenvalue weighted by Crippen LogP contribution is 2.30. The third-order valence-electron chi connectivity index (χ3n) is 3.93. The summed E-state index contributed by atoms with van der Waals surface area (Å²) >= 11 is 0. The van der Waals surface area contributed by atoms with Crippen LogP contribution in [0, 0.1) is 6.92 Å². The van der Waals surface area contributed by atoms with Crippen molar-refractivity contribution in [2.75, 3.05) is 11.9 Å². The zero-order valence-electron chi connectivity index (χ0n) is 14.5. The molecule has 7 nitrogen and oxygen atoms in total. The van der Waals surface area contributed by atoms with Crippen molar-refractivity contribution in [2.24, 2.45) is 0 Å². The molecule has 1 atom stereocenters. The fraction of sp³-hybridized carbons (Fsp3) is 0.389. The highest BCUT2D eigenvalue weighted by Gasteiger charge is 2.24. The molecule has 0 aliphatic carbocycles. The number of esters is 1. The van der Waals surface area contributed by atoms with Crippen LogP contribution in [0.1, 0.15) is 42.1 Å². The van der Waals surface area contributed by atoms with E-state index in [1.54, 1.807) is 20.1 Å². The zero-order chi connectivity index (χ0) is 17.8. The van der Waals surface area contributed by atoms with Crippen LogP contribution in [0.25, 0.3) is 11.1 Å². The van der Waals surface area contributed by atoms with Crippen LogP contribution in [-0.2, 0) is 11.2 Å². The average molecular weight is 343 g/mol. The molecule has 0 spiro atoms. The van der Waals surface area contributed by atoms with Crippen LogP contribution in [0.4, 0.5) is 5.82 Å². The van der Waals surface area contributed by atoms with E-state index in [0.717, 1.165) is 18.6 Å². The molecule has 132 valence electrons. The van der Waals surface area contributed by atoms with Gasteiger partial charge in [-0.2, -0.15) is 0 Å². The summed E-state index contributed by atoms with van der Waals surface area (Å²) in [5.74, 6) is 1.55. The van der Waals surface area contributed by atoms with Crippen LogP contribution >= 0.6 is 0 Å². The number of nitrogens with zero attached hydrogens (tertiary/aromatic N) is 2. The first-order valence-corrected chi connectivity index (χ1v) is 8.30. The van der Waals surface area contributed by atoms with Gasteiger partial charge in [0, 0.05) is 12.5 Å². The number of hydrogen-bond donors (Lipinski definition) is 1. The molecule has 25 heavy (non-hydrogen) atoms. The summed E-state index contributed by atoms with van der Waals surface area (Å²) in [6.45, 7) is 5.83. The smallest absolute Gasteiger partial charge is 0.342 e. The molecule has 0 unspecified atom stereocenters. The molecule has 3 rings (SSSR count). The van der Waals surface area contributed by atoms with Gasteiger partial charge in [-0.05, 0) is 39.3 Å². The lowest BCUT2D eigenvalue weighted by Gasteiger charge is -2.14. The number of nitrogens with one attached hydrogen (secondary N) is 1. The summed E-state index contributed by atoms with van der Waals surface area (Å²) in [7, 11) is 0. The monoisotopic (exact) mass is 343 g/mol. The molecule has 0 aliphatic rings. The van der Waals surface area contributed by atoms with Gasteiger partial charge in [-0.1, -0.05) is 0 Å². The molecule has 0 radical (unpaired) electrons. The standard InChI is InChI=1S/C18H21N3O4/c1-4-23-18(22)14-12(3)25-17-15(14)16(19-10-20-17)21-11(2)7-8-13-6-5-9-24-13/h5-6,9-11H,4,7-8H2,1-3H3,(H,19,20,21)/t11-/m1/s1. The maximum absolute atomic E-state index is 12.3. The summed E-state index contributed by atoms with van der Waals surface area (Å²) in [5, 5.41) is 3.90. The van der Waals surface area contributed by atoms with Gasteiger partial charge in [0.15, 0.2) is 0 Å². The second-order valence-corrected chi connectivity index (χ2v) is 5.82. The molecule has 3 aromatic heterocycles. The number of ether oxygens (including phenoxy) is 1. The van der Waals surface area contributed by atoms with Crippen LogP contribution in [0.2, 0.25) is 0 Å². The predicted octanol–water partition coefficient (Wildman–Crippen LogP) is 3.73. The number of rotatable bonds is 7. The highest BCUT2D eigenvalue weighted by molar-refractivity contribution is 6.07. The van der Waals surface area contributed by atoms with Gasteiger partial charge < -0.3 is 18.9 Å². The van der Waals surface area contributed by atoms with E-state index in [4.69, 9.17) is 13.6 Å². The molecule has 0 amide bonds. The van der Waals surface area contributed by atoms with E-state index in [1.165, 1.54) is 6.33 Å². The average Bonchev–Trinajstić information content (AvgIpc) is 3.20. The van der Waals surface area contributed by atoms with E-state index in [2.05, 4.69) is 15.3 Å². The minimum atomic E-state index is -0.431. The first kappa shape index (κ1) is 17.0. The Morgan fingerprint density at radius 3 is 2.96 bits per heavy atom. The Morgan fingerprint density at radius 1 is 1.40 bits per heavy atom. The van der Waals surface area contributed by atoms with Gasteiger partial charge in [0.05, 0.1) is 18.3 Å². The summed E-state index contributed by atoms with van der Waals surface area (Å²) < 4.78 is 16.1. The number of fused-ring (bicyclic) bond motifs is 1. The van der Waals surface area contributed by atoms with Gasteiger partial charge >= 0.3 is 5.97 Å². The second kappa shape index (κ2) is 7.38. The zero-order valence-corrected chi connectivity index (χ0v) is 14.5. The largest absolute Gasteiger partial charge is 0.469 e. The molecule has 0 fully saturated rings. The number of carbonyl (C=O) groups is 1. The lowest BCUT2D eigenvalue weighted by Crippen LogP contribution is -2.17. The third kappa shape index (κ3) is 3.65. The highest BCUT2D eigenvalue weighted by atomic mass is 16.5. The van der Waals surface area contributed by atoms with Crippen molar-refractivity contribution < 1.29 is 18.4 Å². The second-order valence-electron chi connectivity index (χ2n) is 5.82. The van der Waals surface area contributed by atoms with Crippen molar-refractivity contribution in [2.45, 2.75) is 39.7 Å². The summed E-state index contributed by atoms with van der Waals surface area (Å²) in [6.07, 6.45) is 4.75. The van der Waals surface area contributed by atoms with Crippen molar-refractivity contribution in [1.29, 1.82) is 0 Å². The van der Waals surface area contributed by atoms with E-state index >= 15 is 0 Å². The first-order valence-electron chi connectivity index (χ1n) is 8.30. The quantitative estimate of drug-likeness (QED) is 0.654. The van der Waals surface area contributed by atoms with Gasteiger partial charge in [-0.25, -0.2) is 14.8 Å². The lowest BCUT2D eigenvalue weighted by atomic mass is 10.1. The van der Waals surface area contributed by atoms with E-state index in [1.807, 2.05) is 19.1 Å². The van der Waals surface area contributed by atoms with E-state index in [9.17, 15) is 4.79 Å². The molecule has 7 heteroatoms. The molecule has 0 aromatic carbocycles. The summed E-state index contributed by atoms with van der Waals surface area (Å²) in [6, 6.07) is 3.95. The molecule has 0 aliphatic heterocycles. The number of aromatic nitrogens is 2. The fourth-order valence-electron chi connectivity index (χ4n) is 2.72. The fourth-order valence-corrected chi connectivity index (χ4v) is 2.72. The molecule has 0 saturated carbocycles. The molecular weight excluding hydrogens is 322 g/mol. The normalized spacial score (nSPS) is 12.3. The van der Waals surface area contributed by atoms with Gasteiger partial charge in [-0.15, -0.1) is 0 Å². The summed E-state index contributed by atoms with van der Waals surface area (Å²) in [5.41, 5.74) is 0.745. The Labute approximate surface area is 145 Å². The van der Waals surface area contributed by atoms with Crippen LogP contribution < -0.4 is 5.32 Å². The third-order valence-corrected chi connectivity index (χ3v) is 3.93. The number of furan rings is 2. The minimum absolute atomic E-state index is 0.119. The van der Waals surface area contributed by atoms with E-state index in [0.29, 0.717) is 34.8 Å². The molecule has 0 bridgehead atoms. The van der Waals surface area contributed by atoms with Crippen LogP contribution in [0.15, 0.2) is 33.6 Å². The number of aryl methyl sites for hydroxylation is 2. The predicted molar refractivity (Wildman–Crippen MR) is 92.6 cm³/mol. The van der Waals surface area contributed by atoms with Gasteiger partial charge in [-0.3, -0.25) is 0 Å². The SMILES string of the molecule is CCOC(=O)c1c(C)oc2ncnc(N[C@H](C)CCc3ccco3)c12. The Kier molecular flexibility index (Phi) is 5.02. The maximum atomic E-state index is 12.3. The van der Waals surface area contributed by atoms with Gasteiger partial charge in [0.25, 0.3) is 0 Å². The van der Waals surface area contributed by atoms with Crippen LogP contribution in [-0.4, -0.2) is 28.6 Å². The van der Waals surface area contributed by atoms with Gasteiger partial charge in [0.2, 0.25) is 5.71 Å². The van der Waals surface area contributed by atoms with Crippen LogP contribution in [0.3, 0.4) is 0 Å².